The van der Waals surface area contributed by atoms with E-state index >= 15 is 0 Å². The van der Waals surface area contributed by atoms with Crippen LogP contribution in [0, 0.1) is 0 Å². The highest BCUT2D eigenvalue weighted by Gasteiger charge is 2.10. The lowest BCUT2D eigenvalue weighted by Gasteiger charge is -2.17. The molecule has 2 N–H and O–H groups in total. The minimum atomic E-state index is -0.636. The Morgan fingerprint density at radius 1 is 1.54 bits per heavy atom. The van der Waals surface area contributed by atoms with Crippen molar-refractivity contribution in [3.63, 3.8) is 0 Å². The van der Waals surface area contributed by atoms with Crippen LogP contribution in [0.5, 0.6) is 0 Å². The van der Waals surface area contributed by atoms with Gasteiger partial charge in [-0.25, -0.2) is 0 Å². The van der Waals surface area contributed by atoms with Gasteiger partial charge in [-0.3, -0.25) is 0 Å². The molecular formula is C10H17NO2. The molecule has 1 heterocycles. The van der Waals surface area contributed by atoms with E-state index in [1.165, 1.54) is 0 Å². The predicted octanol–water partition coefficient (Wildman–Crippen LogP) is 1.18. The Bertz CT molecular complexity index is 224. The Morgan fingerprint density at radius 3 is 2.85 bits per heavy atom. The quantitative estimate of drug-likeness (QED) is 0.674. The second-order valence-corrected chi connectivity index (χ2v) is 3.82. The van der Waals surface area contributed by atoms with Crippen LogP contribution >= 0.6 is 0 Å². The number of furan rings is 1. The van der Waals surface area contributed by atoms with E-state index in [4.69, 9.17) is 4.42 Å². The van der Waals surface area contributed by atoms with Gasteiger partial charge in [0.15, 0.2) is 0 Å². The average molecular weight is 183 g/mol. The highest BCUT2D eigenvalue weighted by molar-refractivity contribution is 4.98. The first-order valence-corrected chi connectivity index (χ1v) is 4.53. The molecule has 0 aliphatic heterocycles. The van der Waals surface area contributed by atoms with E-state index in [2.05, 4.69) is 5.32 Å². The van der Waals surface area contributed by atoms with Gasteiger partial charge in [0.1, 0.15) is 5.76 Å². The normalized spacial score (nSPS) is 11.9. The van der Waals surface area contributed by atoms with Crippen molar-refractivity contribution in [1.82, 2.24) is 5.32 Å². The zero-order valence-corrected chi connectivity index (χ0v) is 8.21. The van der Waals surface area contributed by atoms with Crippen LogP contribution in [0.1, 0.15) is 19.6 Å². The Kier molecular flexibility index (Phi) is 3.51. The van der Waals surface area contributed by atoms with Gasteiger partial charge in [0.2, 0.25) is 0 Å². The van der Waals surface area contributed by atoms with Crippen LogP contribution in [-0.2, 0) is 6.42 Å². The molecular weight excluding hydrogens is 166 g/mol. The molecule has 0 bridgehead atoms. The number of rotatable bonds is 5. The monoisotopic (exact) mass is 183 g/mol. The Labute approximate surface area is 78.8 Å². The smallest absolute Gasteiger partial charge is 0.105 e. The molecule has 0 aromatic carbocycles. The summed E-state index contributed by atoms with van der Waals surface area (Å²) in [6, 6.07) is 3.83. The highest BCUT2D eigenvalue weighted by Crippen LogP contribution is 2.00. The number of aliphatic hydroxyl groups is 1. The minimum absolute atomic E-state index is 0.605. The molecule has 0 aliphatic rings. The van der Waals surface area contributed by atoms with Gasteiger partial charge in [-0.1, -0.05) is 0 Å². The van der Waals surface area contributed by atoms with Gasteiger partial charge in [-0.2, -0.15) is 0 Å². The van der Waals surface area contributed by atoms with Crippen molar-refractivity contribution in [2.75, 3.05) is 13.1 Å². The summed E-state index contributed by atoms with van der Waals surface area (Å²) in [6.45, 7) is 5.00. The van der Waals surface area contributed by atoms with Crippen molar-refractivity contribution in [3.05, 3.63) is 24.2 Å². The lowest BCUT2D eigenvalue weighted by molar-refractivity contribution is 0.0800. The Morgan fingerprint density at radius 2 is 2.31 bits per heavy atom. The molecule has 1 rings (SSSR count). The first kappa shape index (κ1) is 10.3. The van der Waals surface area contributed by atoms with Gasteiger partial charge in [0, 0.05) is 19.5 Å². The largest absolute Gasteiger partial charge is 0.469 e. The van der Waals surface area contributed by atoms with Crippen LogP contribution in [0.3, 0.4) is 0 Å². The molecule has 1 aromatic heterocycles. The lowest BCUT2D eigenvalue weighted by Crippen LogP contribution is -2.35. The van der Waals surface area contributed by atoms with Crippen LogP contribution < -0.4 is 5.32 Å². The van der Waals surface area contributed by atoms with Gasteiger partial charge in [-0.05, 0) is 26.0 Å². The molecule has 13 heavy (non-hydrogen) atoms. The third-order valence-corrected chi connectivity index (χ3v) is 1.69. The molecule has 0 spiro atoms. The summed E-state index contributed by atoms with van der Waals surface area (Å²) in [5.74, 6) is 0.975. The summed E-state index contributed by atoms with van der Waals surface area (Å²) in [5, 5.41) is 12.5. The molecule has 0 radical (unpaired) electrons. The van der Waals surface area contributed by atoms with Crippen molar-refractivity contribution >= 4 is 0 Å². The van der Waals surface area contributed by atoms with Crippen molar-refractivity contribution < 1.29 is 9.52 Å². The van der Waals surface area contributed by atoms with Crippen LogP contribution in [0.4, 0.5) is 0 Å². The maximum Gasteiger partial charge on any atom is 0.105 e. The van der Waals surface area contributed by atoms with Gasteiger partial charge >= 0.3 is 0 Å². The molecule has 74 valence electrons. The fraction of sp³-hybridized carbons (Fsp3) is 0.600. The van der Waals surface area contributed by atoms with Gasteiger partial charge < -0.3 is 14.8 Å². The molecule has 3 nitrogen and oxygen atoms in total. The third kappa shape index (κ3) is 4.70. The van der Waals surface area contributed by atoms with Crippen LogP contribution in [0.25, 0.3) is 0 Å². The summed E-state index contributed by atoms with van der Waals surface area (Å²) < 4.78 is 5.16. The number of hydrogen-bond acceptors (Lipinski definition) is 3. The maximum absolute atomic E-state index is 9.39. The predicted molar refractivity (Wildman–Crippen MR) is 51.6 cm³/mol. The Balaban J connectivity index is 2.09. The minimum Gasteiger partial charge on any atom is -0.469 e. The van der Waals surface area contributed by atoms with Crippen molar-refractivity contribution in [2.24, 2.45) is 0 Å². The second-order valence-electron chi connectivity index (χ2n) is 3.82. The first-order chi connectivity index (χ1) is 6.08. The van der Waals surface area contributed by atoms with Crippen LogP contribution in [0.2, 0.25) is 0 Å². The number of hydrogen-bond donors (Lipinski definition) is 2. The zero-order chi connectivity index (χ0) is 9.73. The van der Waals surface area contributed by atoms with E-state index < -0.39 is 5.60 Å². The molecule has 0 fully saturated rings. The molecule has 0 amide bonds. The summed E-state index contributed by atoms with van der Waals surface area (Å²) in [4.78, 5) is 0. The van der Waals surface area contributed by atoms with Crippen LogP contribution in [0.15, 0.2) is 22.8 Å². The summed E-state index contributed by atoms with van der Waals surface area (Å²) in [5.41, 5.74) is -0.636. The molecule has 0 saturated carbocycles. The van der Waals surface area contributed by atoms with E-state index in [1.54, 1.807) is 20.1 Å². The van der Waals surface area contributed by atoms with E-state index in [0.717, 1.165) is 18.7 Å². The van der Waals surface area contributed by atoms with E-state index in [1.807, 2.05) is 12.1 Å². The second kappa shape index (κ2) is 4.44. The molecule has 3 heteroatoms. The SMILES string of the molecule is CC(C)(O)CNCCc1ccco1. The molecule has 0 unspecified atom stereocenters. The van der Waals surface area contributed by atoms with E-state index in [0.29, 0.717) is 6.54 Å². The highest BCUT2D eigenvalue weighted by atomic mass is 16.3. The van der Waals surface area contributed by atoms with Crippen molar-refractivity contribution in [3.8, 4) is 0 Å². The first-order valence-electron chi connectivity index (χ1n) is 4.53. The summed E-state index contributed by atoms with van der Waals surface area (Å²) in [6.07, 6.45) is 2.54. The van der Waals surface area contributed by atoms with Gasteiger partial charge in [0.25, 0.3) is 0 Å². The summed E-state index contributed by atoms with van der Waals surface area (Å²) in [7, 11) is 0. The fourth-order valence-corrected chi connectivity index (χ4v) is 1.06. The molecule has 0 atom stereocenters. The average Bonchev–Trinajstić information content (AvgIpc) is 2.48. The molecule has 0 aliphatic carbocycles. The van der Waals surface area contributed by atoms with Crippen LogP contribution in [-0.4, -0.2) is 23.8 Å². The van der Waals surface area contributed by atoms with Crippen molar-refractivity contribution in [2.45, 2.75) is 25.9 Å². The maximum atomic E-state index is 9.39. The van der Waals surface area contributed by atoms with E-state index in [-0.39, 0.29) is 0 Å². The topological polar surface area (TPSA) is 45.4 Å². The molecule has 0 saturated heterocycles. The van der Waals surface area contributed by atoms with Gasteiger partial charge in [-0.15, -0.1) is 0 Å². The van der Waals surface area contributed by atoms with Crippen molar-refractivity contribution in [1.29, 1.82) is 0 Å². The zero-order valence-electron chi connectivity index (χ0n) is 8.21. The lowest BCUT2D eigenvalue weighted by atomic mass is 10.1. The van der Waals surface area contributed by atoms with E-state index in [9.17, 15) is 5.11 Å². The standard InChI is InChI=1S/C10H17NO2/c1-10(2,12)8-11-6-5-9-4-3-7-13-9/h3-4,7,11-12H,5-6,8H2,1-2H3. The fourth-order valence-electron chi connectivity index (χ4n) is 1.06. The van der Waals surface area contributed by atoms with Gasteiger partial charge in [0.05, 0.1) is 11.9 Å². The number of nitrogens with one attached hydrogen (secondary N) is 1. The third-order valence-electron chi connectivity index (χ3n) is 1.69. The summed E-state index contributed by atoms with van der Waals surface area (Å²) >= 11 is 0. The molecule has 1 aromatic rings. The Hall–Kier alpha value is -0.800.